The Bertz CT molecular complexity index is 1270. The Hall–Kier alpha value is -4.15. The number of carbonyl (C=O) groups is 3. The van der Waals surface area contributed by atoms with E-state index in [1.54, 1.807) is 66.7 Å². The number of nitrogens with zero attached hydrogens (tertiary/aromatic N) is 3. The summed E-state index contributed by atoms with van der Waals surface area (Å²) in [5.74, 6) is -1.02. The molecule has 1 saturated heterocycles. The van der Waals surface area contributed by atoms with Crippen molar-refractivity contribution in [3.05, 3.63) is 101 Å². The van der Waals surface area contributed by atoms with Gasteiger partial charge in [0.2, 0.25) is 5.91 Å². The molecule has 0 saturated carbocycles. The summed E-state index contributed by atoms with van der Waals surface area (Å²) in [5.41, 5.74) is 1.04. The topological polar surface area (TPSA) is 93.5 Å². The number of aryl methyl sites for hydroxylation is 1. The Labute approximate surface area is 208 Å². The van der Waals surface area contributed by atoms with Crippen molar-refractivity contribution < 1.29 is 14.4 Å². The minimum Gasteiger partial charge on any atom is -0.315 e. The first kappa shape index (κ1) is 24.0. The van der Waals surface area contributed by atoms with Crippen LogP contribution in [0.5, 0.6) is 0 Å². The summed E-state index contributed by atoms with van der Waals surface area (Å²) in [4.78, 5) is 42.7. The summed E-state index contributed by atoms with van der Waals surface area (Å²) in [7, 11) is 0. The largest absolute Gasteiger partial charge is 0.326 e. The monoisotopic (exact) mass is 486 g/mol. The molecule has 0 atom stereocenters. The van der Waals surface area contributed by atoms with Crippen molar-refractivity contribution in [3.63, 3.8) is 0 Å². The van der Waals surface area contributed by atoms with E-state index in [4.69, 9.17) is 16.9 Å². The van der Waals surface area contributed by atoms with Crippen LogP contribution >= 0.6 is 11.6 Å². The van der Waals surface area contributed by atoms with Crippen LogP contribution in [0.15, 0.2) is 78.9 Å². The molecule has 176 valence electrons. The molecule has 0 radical (unpaired) electrons. The molecule has 0 aliphatic carbocycles. The minimum absolute atomic E-state index is 0.0888. The Morgan fingerprint density at radius 1 is 1.03 bits per heavy atom. The van der Waals surface area contributed by atoms with E-state index in [-0.39, 0.29) is 13.0 Å². The maximum atomic E-state index is 13.8. The van der Waals surface area contributed by atoms with E-state index < -0.39 is 29.9 Å². The lowest BCUT2D eigenvalue weighted by molar-refractivity contribution is -0.133. The van der Waals surface area contributed by atoms with E-state index in [1.165, 1.54) is 4.90 Å². The molecule has 1 aliphatic heterocycles. The zero-order valence-corrected chi connectivity index (χ0v) is 19.8. The van der Waals surface area contributed by atoms with Crippen LogP contribution in [0.1, 0.15) is 23.1 Å². The molecule has 1 fully saturated rings. The molecule has 4 rings (SSSR count). The highest BCUT2D eigenvalue weighted by Crippen LogP contribution is 2.36. The Morgan fingerprint density at radius 2 is 1.63 bits per heavy atom. The van der Waals surface area contributed by atoms with Gasteiger partial charge in [0.25, 0.3) is 5.91 Å². The third kappa shape index (κ3) is 4.48. The van der Waals surface area contributed by atoms with E-state index in [0.717, 1.165) is 10.5 Å². The normalized spacial score (nSPS) is 14.4. The first-order valence-electron chi connectivity index (χ1n) is 11.1. The summed E-state index contributed by atoms with van der Waals surface area (Å²) < 4.78 is 0. The van der Waals surface area contributed by atoms with E-state index in [9.17, 15) is 14.4 Å². The summed E-state index contributed by atoms with van der Waals surface area (Å²) in [6, 6.07) is 24.4. The maximum Gasteiger partial charge on any atom is 0.326 e. The number of hydrogen-bond donors (Lipinski definition) is 1. The number of carbonyl (C=O) groups excluding carboxylic acids is 3. The van der Waals surface area contributed by atoms with Gasteiger partial charge in [-0.05, 0) is 41.8 Å². The van der Waals surface area contributed by atoms with Crippen molar-refractivity contribution in [2.75, 3.05) is 18.0 Å². The van der Waals surface area contributed by atoms with Gasteiger partial charge >= 0.3 is 6.03 Å². The Kier molecular flexibility index (Phi) is 6.85. The third-order valence-electron chi connectivity index (χ3n) is 6.01. The SMILES string of the molecule is Cc1cc(N(CCC#N)C(=O)CN2C(=O)NC(c3ccccc3)(c3ccccc3)C2=O)ccc1Cl. The first-order chi connectivity index (χ1) is 16.9. The fourth-order valence-electron chi connectivity index (χ4n) is 4.23. The van der Waals surface area contributed by atoms with Gasteiger partial charge in [-0.2, -0.15) is 5.26 Å². The summed E-state index contributed by atoms with van der Waals surface area (Å²) in [5, 5.41) is 12.5. The predicted molar refractivity (Wildman–Crippen MR) is 133 cm³/mol. The van der Waals surface area contributed by atoms with Gasteiger partial charge in [0.15, 0.2) is 5.54 Å². The molecule has 1 aliphatic rings. The molecule has 0 aromatic heterocycles. The highest BCUT2D eigenvalue weighted by molar-refractivity contribution is 6.31. The molecule has 3 aromatic carbocycles. The minimum atomic E-state index is -1.45. The molecular weight excluding hydrogens is 464 g/mol. The lowest BCUT2D eigenvalue weighted by Crippen LogP contribution is -2.46. The molecule has 35 heavy (non-hydrogen) atoms. The quantitative estimate of drug-likeness (QED) is 0.501. The van der Waals surface area contributed by atoms with E-state index in [0.29, 0.717) is 21.8 Å². The number of rotatable bonds is 7. The number of anilines is 1. The number of amides is 4. The van der Waals surface area contributed by atoms with Gasteiger partial charge < -0.3 is 10.2 Å². The van der Waals surface area contributed by atoms with E-state index >= 15 is 0 Å². The molecule has 8 heteroatoms. The number of halogens is 1. The van der Waals surface area contributed by atoms with Crippen LogP contribution < -0.4 is 10.2 Å². The lowest BCUT2D eigenvalue weighted by Gasteiger charge is -2.28. The second kappa shape index (κ2) is 10.00. The van der Waals surface area contributed by atoms with E-state index in [1.807, 2.05) is 25.1 Å². The van der Waals surface area contributed by atoms with Crippen LogP contribution in [0.25, 0.3) is 0 Å². The number of benzene rings is 3. The molecule has 3 aromatic rings. The van der Waals surface area contributed by atoms with Crippen molar-refractivity contribution in [2.24, 2.45) is 0 Å². The van der Waals surface area contributed by atoms with Crippen LogP contribution in [0.3, 0.4) is 0 Å². The Balaban J connectivity index is 1.69. The number of hydrogen-bond acceptors (Lipinski definition) is 4. The van der Waals surface area contributed by atoms with Crippen molar-refractivity contribution in [2.45, 2.75) is 18.9 Å². The van der Waals surface area contributed by atoms with Gasteiger partial charge in [0.05, 0.1) is 12.5 Å². The number of urea groups is 1. The van der Waals surface area contributed by atoms with Gasteiger partial charge in [0.1, 0.15) is 6.54 Å². The summed E-state index contributed by atoms with van der Waals surface area (Å²) in [6.45, 7) is 1.45. The average Bonchev–Trinajstić information content (AvgIpc) is 3.13. The summed E-state index contributed by atoms with van der Waals surface area (Å²) in [6.07, 6.45) is 0.0888. The molecule has 1 N–H and O–H groups in total. The number of nitrogens with one attached hydrogen (secondary N) is 1. The predicted octanol–water partition coefficient (Wildman–Crippen LogP) is 4.39. The average molecular weight is 487 g/mol. The molecule has 4 amide bonds. The van der Waals surface area contributed by atoms with Gasteiger partial charge in [0, 0.05) is 17.3 Å². The van der Waals surface area contributed by atoms with Gasteiger partial charge in [-0.25, -0.2) is 4.79 Å². The highest BCUT2D eigenvalue weighted by atomic mass is 35.5. The number of imide groups is 1. The van der Waals surface area contributed by atoms with Gasteiger partial charge in [-0.3, -0.25) is 14.5 Å². The first-order valence-corrected chi connectivity index (χ1v) is 11.4. The smallest absolute Gasteiger partial charge is 0.315 e. The van der Waals surface area contributed by atoms with Crippen LogP contribution in [-0.4, -0.2) is 35.8 Å². The molecular formula is C27H23ClN4O3. The van der Waals surface area contributed by atoms with Crippen LogP contribution in [-0.2, 0) is 15.1 Å². The van der Waals surface area contributed by atoms with E-state index in [2.05, 4.69) is 5.32 Å². The van der Waals surface area contributed by atoms with Crippen molar-refractivity contribution in [1.29, 1.82) is 5.26 Å². The van der Waals surface area contributed by atoms with Crippen molar-refractivity contribution in [1.82, 2.24) is 10.2 Å². The maximum absolute atomic E-state index is 13.8. The van der Waals surface area contributed by atoms with Gasteiger partial charge in [-0.1, -0.05) is 72.3 Å². The zero-order chi connectivity index (χ0) is 25.0. The highest BCUT2D eigenvalue weighted by Gasteiger charge is 2.54. The number of nitriles is 1. The fourth-order valence-corrected chi connectivity index (χ4v) is 4.35. The van der Waals surface area contributed by atoms with Crippen molar-refractivity contribution in [3.8, 4) is 6.07 Å². The fraction of sp³-hybridized carbons (Fsp3) is 0.185. The Morgan fingerprint density at radius 3 is 2.17 bits per heavy atom. The van der Waals surface area contributed by atoms with Crippen LogP contribution in [0, 0.1) is 18.3 Å². The third-order valence-corrected chi connectivity index (χ3v) is 6.44. The van der Waals surface area contributed by atoms with Crippen LogP contribution in [0.4, 0.5) is 10.5 Å². The molecule has 0 spiro atoms. The summed E-state index contributed by atoms with van der Waals surface area (Å²) >= 11 is 6.13. The standard InChI is InChI=1S/C27H23ClN4O3/c1-19-17-22(13-14-23(19)28)31(16-8-15-29)24(33)18-32-25(34)27(30-26(32)35,20-9-4-2-5-10-20)21-11-6-3-7-12-21/h2-7,9-14,17H,8,16,18H2,1H3,(H,30,35). The molecule has 7 nitrogen and oxygen atoms in total. The molecule has 0 bridgehead atoms. The van der Waals surface area contributed by atoms with Crippen molar-refractivity contribution >= 4 is 35.1 Å². The van der Waals surface area contributed by atoms with Crippen LogP contribution in [0.2, 0.25) is 5.02 Å². The van der Waals surface area contributed by atoms with Gasteiger partial charge in [-0.15, -0.1) is 0 Å². The lowest BCUT2D eigenvalue weighted by atomic mass is 9.82. The molecule has 1 heterocycles. The zero-order valence-electron chi connectivity index (χ0n) is 19.1. The second-order valence-corrected chi connectivity index (χ2v) is 8.60. The second-order valence-electron chi connectivity index (χ2n) is 8.19. The molecule has 0 unspecified atom stereocenters.